The highest BCUT2D eigenvalue weighted by molar-refractivity contribution is 5.95. The van der Waals surface area contributed by atoms with E-state index in [0.717, 1.165) is 35.5 Å². The van der Waals surface area contributed by atoms with Crippen LogP contribution < -0.4 is 14.2 Å². The summed E-state index contributed by atoms with van der Waals surface area (Å²) in [6.45, 7) is 2.59. The second-order valence-corrected chi connectivity index (χ2v) is 6.69. The van der Waals surface area contributed by atoms with Crippen LogP contribution in [0.3, 0.4) is 0 Å². The fraction of sp³-hybridized carbons (Fsp3) is 0.273. The van der Waals surface area contributed by atoms with E-state index in [2.05, 4.69) is 0 Å². The van der Waals surface area contributed by atoms with Gasteiger partial charge in [-0.2, -0.15) is 0 Å². The second kappa shape index (κ2) is 7.10. The molecule has 0 N–H and O–H groups in total. The van der Waals surface area contributed by atoms with Crippen LogP contribution in [0, 0.1) is 0 Å². The van der Waals surface area contributed by atoms with Crippen molar-refractivity contribution < 1.29 is 23.7 Å². The lowest BCUT2D eigenvalue weighted by atomic mass is 10.1. The van der Waals surface area contributed by atoms with Crippen LogP contribution in [0.25, 0.3) is 10.8 Å². The molecule has 2 fully saturated rings. The predicted molar refractivity (Wildman–Crippen MR) is 101 cm³/mol. The normalized spacial score (nSPS) is 20.3. The van der Waals surface area contributed by atoms with Gasteiger partial charge in [0.25, 0.3) is 0 Å². The van der Waals surface area contributed by atoms with Crippen molar-refractivity contribution in [2.45, 2.75) is 12.2 Å². The molecule has 0 spiro atoms. The van der Waals surface area contributed by atoms with Crippen molar-refractivity contribution in [3.63, 3.8) is 0 Å². The molecule has 0 aromatic heterocycles. The van der Waals surface area contributed by atoms with Gasteiger partial charge in [0, 0.05) is 10.8 Å². The first-order valence-corrected chi connectivity index (χ1v) is 9.14. The van der Waals surface area contributed by atoms with E-state index in [1.807, 2.05) is 60.7 Å². The summed E-state index contributed by atoms with van der Waals surface area (Å²) >= 11 is 0. The average molecular weight is 364 g/mol. The van der Waals surface area contributed by atoms with Crippen LogP contribution in [-0.2, 0) is 9.47 Å². The molecule has 0 saturated carbocycles. The smallest absolute Gasteiger partial charge is 0.169 e. The first-order valence-electron chi connectivity index (χ1n) is 9.14. The second-order valence-electron chi connectivity index (χ2n) is 6.69. The first kappa shape index (κ1) is 16.4. The summed E-state index contributed by atoms with van der Waals surface area (Å²) in [4.78, 5) is 0. The Labute approximate surface area is 157 Å². The van der Waals surface area contributed by atoms with Crippen molar-refractivity contribution in [1.82, 2.24) is 0 Å². The van der Waals surface area contributed by atoms with Crippen molar-refractivity contribution in [2.24, 2.45) is 0 Å². The number of ether oxygens (including phenoxy) is 5. The molecule has 138 valence electrons. The van der Waals surface area contributed by atoms with E-state index < -0.39 is 0 Å². The van der Waals surface area contributed by atoms with E-state index >= 15 is 0 Å². The highest BCUT2D eigenvalue weighted by Crippen LogP contribution is 2.41. The monoisotopic (exact) mass is 364 g/mol. The van der Waals surface area contributed by atoms with Gasteiger partial charge in [0.05, 0.1) is 13.2 Å². The topological polar surface area (TPSA) is 52.8 Å². The van der Waals surface area contributed by atoms with Gasteiger partial charge in [-0.3, -0.25) is 0 Å². The van der Waals surface area contributed by atoms with Crippen molar-refractivity contribution in [3.8, 4) is 23.0 Å². The van der Waals surface area contributed by atoms with Crippen LogP contribution in [-0.4, -0.2) is 38.6 Å². The van der Waals surface area contributed by atoms with Gasteiger partial charge in [-0.25, -0.2) is 0 Å². The molecule has 5 heteroatoms. The summed E-state index contributed by atoms with van der Waals surface area (Å²) in [5, 5.41) is 1.95. The fourth-order valence-corrected chi connectivity index (χ4v) is 2.94. The van der Waals surface area contributed by atoms with E-state index in [0.29, 0.717) is 24.7 Å². The Bertz CT molecular complexity index is 932. The maximum absolute atomic E-state index is 6.11. The first-order chi connectivity index (χ1) is 13.4. The van der Waals surface area contributed by atoms with E-state index in [4.69, 9.17) is 23.7 Å². The summed E-state index contributed by atoms with van der Waals surface area (Å²) in [6.07, 6.45) is 0.375. The van der Waals surface area contributed by atoms with Crippen LogP contribution in [0.4, 0.5) is 0 Å². The molecular formula is C22H20O5. The Balaban J connectivity index is 1.51. The third-order valence-electron chi connectivity index (χ3n) is 4.55. The Morgan fingerprint density at radius 1 is 0.704 bits per heavy atom. The van der Waals surface area contributed by atoms with Crippen molar-refractivity contribution in [3.05, 3.63) is 60.7 Å². The van der Waals surface area contributed by atoms with Crippen LogP contribution in [0.2, 0.25) is 0 Å². The van der Waals surface area contributed by atoms with E-state index in [1.165, 1.54) is 0 Å². The number of rotatable bonds is 8. The molecule has 0 aliphatic carbocycles. The Morgan fingerprint density at radius 3 is 2.19 bits per heavy atom. The average Bonchev–Trinajstić information content (AvgIpc) is 3.61. The zero-order valence-corrected chi connectivity index (χ0v) is 14.8. The van der Waals surface area contributed by atoms with Gasteiger partial charge in [0.1, 0.15) is 36.9 Å². The SMILES string of the molecule is c1ccc(Oc2ccc3c(OCC4CO4)cccc3c2OCC2CO2)cc1. The molecule has 2 unspecified atom stereocenters. The molecule has 3 aromatic carbocycles. The summed E-state index contributed by atoms with van der Waals surface area (Å²) in [6, 6.07) is 19.6. The van der Waals surface area contributed by atoms with Gasteiger partial charge in [-0.05, 0) is 30.3 Å². The van der Waals surface area contributed by atoms with E-state index in [9.17, 15) is 0 Å². The Morgan fingerprint density at radius 2 is 1.44 bits per heavy atom. The number of para-hydroxylation sites is 1. The van der Waals surface area contributed by atoms with Crippen molar-refractivity contribution in [1.29, 1.82) is 0 Å². The highest BCUT2D eigenvalue weighted by atomic mass is 16.6. The lowest BCUT2D eigenvalue weighted by Gasteiger charge is -2.16. The molecule has 2 aliphatic heterocycles. The van der Waals surface area contributed by atoms with Gasteiger partial charge in [-0.15, -0.1) is 0 Å². The largest absolute Gasteiger partial charge is 0.490 e. The fourth-order valence-electron chi connectivity index (χ4n) is 2.94. The molecule has 2 heterocycles. The summed E-state index contributed by atoms with van der Waals surface area (Å²) in [5.74, 6) is 2.97. The van der Waals surface area contributed by atoms with E-state index in [-0.39, 0.29) is 12.2 Å². The predicted octanol–water partition coefficient (Wildman–Crippen LogP) is 4.19. The minimum Gasteiger partial charge on any atom is -0.490 e. The number of hydrogen-bond acceptors (Lipinski definition) is 5. The number of hydrogen-bond donors (Lipinski definition) is 0. The molecule has 2 aliphatic rings. The molecule has 3 aromatic rings. The summed E-state index contributed by atoms with van der Waals surface area (Å²) < 4.78 is 28.7. The van der Waals surface area contributed by atoms with Crippen molar-refractivity contribution in [2.75, 3.05) is 26.4 Å². The molecular weight excluding hydrogens is 344 g/mol. The molecule has 5 nitrogen and oxygen atoms in total. The molecule has 0 amide bonds. The Hall–Kier alpha value is -2.76. The van der Waals surface area contributed by atoms with Crippen LogP contribution in [0.5, 0.6) is 23.0 Å². The lowest BCUT2D eigenvalue weighted by molar-refractivity contribution is 0.257. The van der Waals surface area contributed by atoms with Crippen LogP contribution in [0.1, 0.15) is 0 Å². The Kier molecular flexibility index (Phi) is 4.32. The van der Waals surface area contributed by atoms with Gasteiger partial charge in [0.2, 0.25) is 0 Å². The third-order valence-corrected chi connectivity index (χ3v) is 4.55. The quantitative estimate of drug-likeness (QED) is 0.561. The summed E-state index contributed by atoms with van der Waals surface area (Å²) in [5.41, 5.74) is 0. The molecule has 27 heavy (non-hydrogen) atoms. The van der Waals surface area contributed by atoms with Gasteiger partial charge in [-0.1, -0.05) is 30.3 Å². The number of fused-ring (bicyclic) bond motifs is 1. The maximum Gasteiger partial charge on any atom is 0.169 e. The maximum atomic E-state index is 6.11. The minimum atomic E-state index is 0.163. The third kappa shape index (κ3) is 3.84. The summed E-state index contributed by atoms with van der Waals surface area (Å²) in [7, 11) is 0. The number of epoxide rings is 2. The molecule has 0 radical (unpaired) electrons. The zero-order valence-electron chi connectivity index (χ0n) is 14.8. The zero-order chi connectivity index (χ0) is 18.1. The molecule has 2 atom stereocenters. The highest BCUT2D eigenvalue weighted by Gasteiger charge is 2.26. The van der Waals surface area contributed by atoms with E-state index in [1.54, 1.807) is 0 Å². The van der Waals surface area contributed by atoms with Gasteiger partial charge >= 0.3 is 0 Å². The lowest BCUT2D eigenvalue weighted by Crippen LogP contribution is -2.06. The standard InChI is InChI=1S/C22H20O5/c1-2-5-15(6-3-1)27-21-10-9-18-19(22(21)26-14-17-12-24-17)7-4-8-20(18)25-13-16-11-23-16/h1-10,16-17H,11-14H2. The molecule has 2 saturated heterocycles. The van der Waals surface area contributed by atoms with Gasteiger partial charge in [0.15, 0.2) is 11.5 Å². The van der Waals surface area contributed by atoms with Gasteiger partial charge < -0.3 is 23.7 Å². The van der Waals surface area contributed by atoms with Crippen LogP contribution >= 0.6 is 0 Å². The molecule has 0 bridgehead atoms. The number of benzene rings is 3. The minimum absolute atomic E-state index is 0.163. The molecule has 5 rings (SSSR count). The van der Waals surface area contributed by atoms with Crippen molar-refractivity contribution >= 4 is 10.8 Å². The van der Waals surface area contributed by atoms with Crippen LogP contribution in [0.15, 0.2) is 60.7 Å².